The third-order valence-electron chi connectivity index (χ3n) is 5.01. The van der Waals surface area contributed by atoms with Gasteiger partial charge in [0.2, 0.25) is 15.9 Å². The third kappa shape index (κ3) is 4.95. The van der Waals surface area contributed by atoms with Crippen molar-refractivity contribution in [3.63, 3.8) is 0 Å². The van der Waals surface area contributed by atoms with Crippen LogP contribution in [-0.2, 0) is 21.4 Å². The summed E-state index contributed by atoms with van der Waals surface area (Å²) in [6.07, 6.45) is 1.58. The molecule has 11 heteroatoms. The summed E-state index contributed by atoms with van der Waals surface area (Å²) in [5, 5.41) is 2.45. The number of nitrogens with one attached hydrogen (secondary N) is 2. The van der Waals surface area contributed by atoms with E-state index in [1.165, 1.54) is 30.2 Å². The highest BCUT2D eigenvalue weighted by Crippen LogP contribution is 2.29. The molecular weight excluding hydrogens is 454 g/mol. The molecular formula is C21H21N3O6S2. The minimum Gasteiger partial charge on any atom is -0.495 e. The summed E-state index contributed by atoms with van der Waals surface area (Å²) in [6, 6.07) is 10.9. The molecule has 0 atom stereocenters. The lowest BCUT2D eigenvalue weighted by molar-refractivity contribution is -0.125. The van der Waals surface area contributed by atoms with Crippen LogP contribution in [0.15, 0.2) is 47.4 Å². The van der Waals surface area contributed by atoms with E-state index in [4.69, 9.17) is 4.74 Å². The van der Waals surface area contributed by atoms with E-state index in [1.807, 2.05) is 0 Å². The van der Waals surface area contributed by atoms with Crippen molar-refractivity contribution in [3.8, 4) is 5.75 Å². The molecule has 1 aliphatic heterocycles. The van der Waals surface area contributed by atoms with Gasteiger partial charge in [0.1, 0.15) is 10.6 Å². The van der Waals surface area contributed by atoms with E-state index in [-0.39, 0.29) is 45.7 Å². The number of ether oxygens (including phenoxy) is 1. The molecule has 1 saturated carbocycles. The summed E-state index contributed by atoms with van der Waals surface area (Å²) in [5.41, 5.74) is 1.40. The van der Waals surface area contributed by atoms with Crippen molar-refractivity contribution in [3.05, 3.63) is 53.6 Å². The van der Waals surface area contributed by atoms with Crippen LogP contribution in [0.25, 0.3) is 0 Å². The number of hydrogen-bond acceptors (Lipinski definition) is 7. The Morgan fingerprint density at radius 1 is 1.16 bits per heavy atom. The molecule has 1 aliphatic carbocycles. The SMILES string of the molecule is COc1ccc(C(=O)Nc2ccc(CN3C(=O)CSC3=O)cc2)cc1S(=O)(=O)NC1CC1. The molecule has 2 fully saturated rings. The van der Waals surface area contributed by atoms with Crippen molar-refractivity contribution < 1.29 is 27.5 Å². The number of carbonyl (C=O) groups is 3. The zero-order chi connectivity index (χ0) is 22.9. The first-order valence-electron chi connectivity index (χ1n) is 9.84. The fourth-order valence-electron chi connectivity index (χ4n) is 3.13. The zero-order valence-electron chi connectivity index (χ0n) is 17.2. The van der Waals surface area contributed by atoms with Gasteiger partial charge >= 0.3 is 0 Å². The lowest BCUT2D eigenvalue weighted by Crippen LogP contribution is -2.27. The molecule has 9 nitrogen and oxygen atoms in total. The normalized spacial score (nSPS) is 16.3. The molecule has 0 spiro atoms. The first-order chi connectivity index (χ1) is 15.3. The highest BCUT2D eigenvalue weighted by molar-refractivity contribution is 8.14. The number of sulfonamides is 1. The molecule has 1 saturated heterocycles. The number of methoxy groups -OCH3 is 1. The van der Waals surface area contributed by atoms with Gasteiger partial charge in [-0.1, -0.05) is 23.9 Å². The second-order valence-corrected chi connectivity index (χ2v) is 10.1. The zero-order valence-corrected chi connectivity index (χ0v) is 18.8. The summed E-state index contributed by atoms with van der Waals surface area (Å²) in [6.45, 7) is 0.173. The van der Waals surface area contributed by atoms with E-state index < -0.39 is 15.9 Å². The Bertz CT molecular complexity index is 1160. The Balaban J connectivity index is 1.47. The van der Waals surface area contributed by atoms with Crippen molar-refractivity contribution in [1.82, 2.24) is 9.62 Å². The lowest BCUT2D eigenvalue weighted by atomic mass is 10.1. The van der Waals surface area contributed by atoms with Crippen LogP contribution in [0.2, 0.25) is 0 Å². The van der Waals surface area contributed by atoms with Gasteiger partial charge < -0.3 is 10.1 Å². The Labute approximate surface area is 189 Å². The number of rotatable bonds is 8. The van der Waals surface area contributed by atoms with Crippen LogP contribution < -0.4 is 14.8 Å². The van der Waals surface area contributed by atoms with E-state index in [2.05, 4.69) is 10.0 Å². The molecule has 0 aromatic heterocycles. The number of nitrogens with zero attached hydrogens (tertiary/aromatic N) is 1. The molecule has 3 amide bonds. The Morgan fingerprint density at radius 2 is 1.88 bits per heavy atom. The van der Waals surface area contributed by atoms with Crippen LogP contribution in [0.1, 0.15) is 28.8 Å². The first-order valence-corrected chi connectivity index (χ1v) is 12.3. The van der Waals surface area contributed by atoms with Crippen molar-refractivity contribution in [2.24, 2.45) is 0 Å². The summed E-state index contributed by atoms with van der Waals surface area (Å²) in [7, 11) is -2.44. The van der Waals surface area contributed by atoms with Crippen LogP contribution >= 0.6 is 11.8 Å². The molecule has 0 radical (unpaired) electrons. The largest absolute Gasteiger partial charge is 0.495 e. The second-order valence-electron chi connectivity index (χ2n) is 7.45. The standard InChI is InChI=1S/C21H21N3O6S2/c1-30-17-9-4-14(10-18(17)32(28,29)23-16-7-8-16)20(26)22-15-5-2-13(3-6-15)11-24-19(25)12-31-21(24)27/h2-6,9-10,16,23H,7-8,11-12H2,1H3,(H,22,26). The molecule has 4 rings (SSSR count). The molecule has 2 aliphatic rings. The van der Waals surface area contributed by atoms with Crippen LogP contribution in [0.5, 0.6) is 5.75 Å². The maximum Gasteiger partial charge on any atom is 0.289 e. The van der Waals surface area contributed by atoms with Gasteiger partial charge in [0.05, 0.1) is 19.4 Å². The van der Waals surface area contributed by atoms with Crippen molar-refractivity contribution in [2.45, 2.75) is 30.3 Å². The van der Waals surface area contributed by atoms with E-state index in [0.717, 1.165) is 30.2 Å². The quantitative estimate of drug-likeness (QED) is 0.602. The van der Waals surface area contributed by atoms with Crippen molar-refractivity contribution >= 4 is 44.5 Å². The molecule has 1 heterocycles. The summed E-state index contributed by atoms with van der Waals surface area (Å²) in [5.74, 6) is -0.394. The highest BCUT2D eigenvalue weighted by atomic mass is 32.2. The van der Waals surface area contributed by atoms with Gasteiger partial charge in [-0.3, -0.25) is 19.3 Å². The molecule has 2 aromatic carbocycles. The van der Waals surface area contributed by atoms with E-state index in [1.54, 1.807) is 24.3 Å². The van der Waals surface area contributed by atoms with Gasteiger partial charge in [-0.15, -0.1) is 0 Å². The highest BCUT2D eigenvalue weighted by Gasteiger charge is 2.31. The van der Waals surface area contributed by atoms with Crippen LogP contribution in [0.3, 0.4) is 0 Å². The summed E-state index contributed by atoms with van der Waals surface area (Å²) in [4.78, 5) is 37.3. The van der Waals surface area contributed by atoms with E-state index in [0.29, 0.717) is 5.69 Å². The monoisotopic (exact) mass is 475 g/mol. The minimum absolute atomic E-state index is 0.0783. The van der Waals surface area contributed by atoms with Gasteiger partial charge in [0.15, 0.2) is 0 Å². The Hall–Kier alpha value is -2.89. The number of hydrogen-bond donors (Lipinski definition) is 2. The predicted molar refractivity (Wildman–Crippen MR) is 119 cm³/mol. The smallest absolute Gasteiger partial charge is 0.289 e. The van der Waals surface area contributed by atoms with Gasteiger partial charge in [0, 0.05) is 17.3 Å². The first kappa shape index (κ1) is 22.3. The van der Waals surface area contributed by atoms with Gasteiger partial charge in [-0.25, -0.2) is 13.1 Å². The average Bonchev–Trinajstić information content (AvgIpc) is 3.53. The van der Waals surface area contributed by atoms with Crippen LogP contribution in [0, 0.1) is 0 Å². The average molecular weight is 476 g/mol. The van der Waals surface area contributed by atoms with Gasteiger partial charge in [-0.05, 0) is 48.7 Å². The van der Waals surface area contributed by atoms with Gasteiger partial charge in [-0.2, -0.15) is 0 Å². The summed E-state index contributed by atoms with van der Waals surface area (Å²) >= 11 is 0.978. The van der Waals surface area contributed by atoms with Crippen LogP contribution in [-0.4, -0.2) is 49.3 Å². The lowest BCUT2D eigenvalue weighted by Gasteiger charge is -2.14. The molecule has 168 valence electrons. The number of amides is 3. The molecule has 2 aromatic rings. The maximum absolute atomic E-state index is 12.7. The summed E-state index contributed by atoms with van der Waals surface area (Å²) < 4.78 is 33.0. The third-order valence-corrected chi connectivity index (χ3v) is 7.41. The number of thioether (sulfide) groups is 1. The molecule has 0 unspecified atom stereocenters. The number of benzene rings is 2. The Morgan fingerprint density at radius 3 is 2.47 bits per heavy atom. The van der Waals surface area contributed by atoms with Crippen molar-refractivity contribution in [2.75, 3.05) is 18.2 Å². The topological polar surface area (TPSA) is 122 Å². The minimum atomic E-state index is -3.81. The molecule has 0 bridgehead atoms. The van der Waals surface area contributed by atoms with Gasteiger partial charge in [0.25, 0.3) is 11.1 Å². The number of anilines is 1. The van der Waals surface area contributed by atoms with E-state index in [9.17, 15) is 22.8 Å². The maximum atomic E-state index is 12.7. The molecule has 32 heavy (non-hydrogen) atoms. The number of imide groups is 1. The fraction of sp³-hybridized carbons (Fsp3) is 0.286. The van der Waals surface area contributed by atoms with E-state index >= 15 is 0 Å². The second kappa shape index (κ2) is 8.93. The predicted octanol–water partition coefficient (Wildman–Crippen LogP) is 2.58. The van der Waals surface area contributed by atoms with Crippen LogP contribution in [0.4, 0.5) is 10.5 Å². The Kier molecular flexibility index (Phi) is 6.22. The van der Waals surface area contributed by atoms with Crippen molar-refractivity contribution in [1.29, 1.82) is 0 Å². The fourth-order valence-corrected chi connectivity index (χ4v) is 5.35. The number of carbonyl (C=O) groups excluding carboxylic acids is 3. The molecule has 2 N–H and O–H groups in total.